The quantitative estimate of drug-likeness (QED) is 0.370. The summed E-state index contributed by atoms with van der Waals surface area (Å²) in [6.07, 6.45) is -2.16. The number of aliphatic carboxylic acids is 1. The zero-order valence-electron chi connectivity index (χ0n) is 22.6. The lowest BCUT2D eigenvalue weighted by atomic mass is 9.76. The first-order valence-electron chi connectivity index (χ1n) is 12.5. The molecular formula is C26H29Cl2FN4O8S. The number of hydrogen-bond donors (Lipinski definition) is 2. The lowest BCUT2D eigenvalue weighted by Crippen LogP contribution is -2.71. The minimum atomic E-state index is -2.20. The molecule has 0 saturated carbocycles. The lowest BCUT2D eigenvalue weighted by Gasteiger charge is -2.47. The molecule has 3 N–H and O–H groups in total. The summed E-state index contributed by atoms with van der Waals surface area (Å²) < 4.78 is 26.1. The maximum atomic E-state index is 15.2. The minimum Gasteiger partial charge on any atom is -0.480 e. The molecule has 1 aromatic carbocycles. The van der Waals surface area contributed by atoms with Crippen molar-refractivity contribution in [1.29, 1.82) is 0 Å². The predicted octanol–water partition coefficient (Wildman–Crippen LogP) is 2.94. The fraction of sp³-hybridized carbons (Fsp3) is 0.423. The molecule has 0 radical (unpaired) electrons. The first-order chi connectivity index (χ1) is 19.3. The highest BCUT2D eigenvalue weighted by molar-refractivity contribution is 7.18. The molecular weight excluding hydrogens is 618 g/mol. The number of cyclic esters (lactones) is 1. The molecule has 0 aliphatic carbocycles. The number of carboxylic acids is 1. The number of halogens is 3. The Kier molecular flexibility index (Phi) is 10.2. The Labute approximate surface area is 255 Å². The molecule has 3 amide bonds. The van der Waals surface area contributed by atoms with Crippen LogP contribution in [0, 0.1) is 5.82 Å². The zero-order valence-corrected chi connectivity index (χ0v) is 25.0. The lowest BCUT2D eigenvalue weighted by molar-refractivity contribution is -0.150. The molecule has 0 bridgehead atoms. The van der Waals surface area contributed by atoms with Crippen LogP contribution in [0.15, 0.2) is 30.3 Å². The third-order valence-corrected chi connectivity index (χ3v) is 8.58. The van der Waals surface area contributed by atoms with E-state index in [9.17, 15) is 29.1 Å². The van der Waals surface area contributed by atoms with Crippen LogP contribution in [0.25, 0.3) is 0 Å². The van der Waals surface area contributed by atoms with Gasteiger partial charge in [0.25, 0.3) is 11.8 Å². The van der Waals surface area contributed by atoms with E-state index < -0.39 is 47.4 Å². The van der Waals surface area contributed by atoms with Crippen molar-refractivity contribution in [1.82, 2.24) is 4.90 Å². The number of thiophene rings is 1. The molecule has 2 atom stereocenters. The molecule has 0 spiro atoms. The van der Waals surface area contributed by atoms with Crippen molar-refractivity contribution in [2.75, 3.05) is 42.6 Å². The summed E-state index contributed by atoms with van der Waals surface area (Å²) >= 11 is 6.97. The van der Waals surface area contributed by atoms with Crippen LogP contribution in [0.2, 0.25) is 4.34 Å². The van der Waals surface area contributed by atoms with E-state index in [1.165, 1.54) is 43.0 Å². The largest absolute Gasteiger partial charge is 0.480 e. The highest BCUT2D eigenvalue weighted by Crippen LogP contribution is 2.35. The second kappa shape index (κ2) is 12.9. The Morgan fingerprint density at radius 3 is 2.55 bits per heavy atom. The first kappa shape index (κ1) is 33.2. The van der Waals surface area contributed by atoms with Crippen molar-refractivity contribution in [2.45, 2.75) is 37.5 Å². The normalized spacial score (nSPS) is 18.6. The van der Waals surface area contributed by atoms with Crippen LogP contribution in [0.3, 0.4) is 0 Å². The Balaban J connectivity index is 0.00000484. The van der Waals surface area contributed by atoms with Gasteiger partial charge in [0.15, 0.2) is 0 Å². The predicted molar refractivity (Wildman–Crippen MR) is 154 cm³/mol. The van der Waals surface area contributed by atoms with Gasteiger partial charge in [-0.3, -0.25) is 19.3 Å². The molecule has 2 saturated heterocycles. The molecule has 2 aliphatic rings. The van der Waals surface area contributed by atoms with Crippen molar-refractivity contribution >= 4 is 76.9 Å². The molecule has 16 heteroatoms. The number of anilines is 2. The van der Waals surface area contributed by atoms with Crippen LogP contribution < -0.4 is 15.5 Å². The van der Waals surface area contributed by atoms with Crippen molar-refractivity contribution in [3.05, 3.63) is 45.4 Å². The number of hydrogen-bond acceptors (Lipinski definition) is 9. The van der Waals surface area contributed by atoms with E-state index in [-0.39, 0.29) is 55.1 Å². The van der Waals surface area contributed by atoms with Crippen LogP contribution >= 0.6 is 35.3 Å². The smallest absolute Gasteiger partial charge is 0.414 e. The van der Waals surface area contributed by atoms with Gasteiger partial charge >= 0.3 is 12.1 Å². The van der Waals surface area contributed by atoms with Crippen LogP contribution in [0.4, 0.5) is 20.6 Å². The summed E-state index contributed by atoms with van der Waals surface area (Å²) in [5, 5.41) is 9.95. The topological polar surface area (TPSA) is 160 Å². The van der Waals surface area contributed by atoms with E-state index in [2.05, 4.69) is 0 Å². The maximum absolute atomic E-state index is 15.2. The first-order valence-corrected chi connectivity index (χ1v) is 13.7. The minimum absolute atomic E-state index is 0. The third kappa shape index (κ3) is 6.22. The second-order valence-corrected chi connectivity index (χ2v) is 11.8. The van der Waals surface area contributed by atoms with Gasteiger partial charge < -0.3 is 34.9 Å². The number of aldehydes is 1. The van der Waals surface area contributed by atoms with Crippen LogP contribution in [0.1, 0.15) is 29.9 Å². The fourth-order valence-electron chi connectivity index (χ4n) is 4.79. The van der Waals surface area contributed by atoms with Gasteiger partial charge in [-0.2, -0.15) is 0 Å². The standard InChI is InChI=1S/C26H28ClFN4O8S.ClH/c1-25(2,26(29,7-9-33)23(36)37)32(22(35)19-5-6-20(27)41-19)13-16-12-31(24(38)40-16)18-4-3-15(11-17(18)28)30-8-10-39-14-21(30)34;/h3-6,9,11,16H,7-8,10,12-14,29H2,1-2H3,(H,36,37);1H/t16-,26-;/m1./s1. The van der Waals surface area contributed by atoms with Crippen LogP contribution in [-0.4, -0.2) is 90.2 Å². The van der Waals surface area contributed by atoms with Crippen molar-refractivity contribution < 1.29 is 42.9 Å². The molecule has 1 aromatic heterocycles. The molecule has 4 rings (SSSR count). The molecule has 12 nitrogen and oxygen atoms in total. The molecule has 3 heterocycles. The van der Waals surface area contributed by atoms with E-state index in [0.29, 0.717) is 22.9 Å². The summed E-state index contributed by atoms with van der Waals surface area (Å²) in [4.78, 5) is 66.0. The maximum Gasteiger partial charge on any atom is 0.414 e. The van der Waals surface area contributed by atoms with Gasteiger partial charge in [0.05, 0.1) is 40.1 Å². The number of ether oxygens (including phenoxy) is 2. The fourth-order valence-corrected chi connectivity index (χ4v) is 5.78. The number of nitrogens with zero attached hydrogens (tertiary/aromatic N) is 3. The van der Waals surface area contributed by atoms with Gasteiger partial charge in [0.2, 0.25) is 0 Å². The van der Waals surface area contributed by atoms with Gasteiger partial charge in [0.1, 0.15) is 30.4 Å². The van der Waals surface area contributed by atoms with Gasteiger partial charge in [-0.05, 0) is 44.2 Å². The SMILES string of the molecule is CC(C)(N(C[C@H]1CN(c2ccc(N3CCOCC3=O)cc2F)C(=O)O1)C(=O)c1ccc(Cl)s1)[C@@](N)(CC=O)C(=O)O.Cl. The average molecular weight is 648 g/mol. The Bertz CT molecular complexity index is 1390. The van der Waals surface area contributed by atoms with Gasteiger partial charge in [-0.1, -0.05) is 11.6 Å². The number of nitrogens with two attached hydrogens (primary N) is 1. The highest BCUT2D eigenvalue weighted by atomic mass is 35.5. The number of benzene rings is 1. The number of carboxylic acid groups (broad SMARTS) is 1. The summed E-state index contributed by atoms with van der Waals surface area (Å²) in [6.45, 7) is 2.73. The van der Waals surface area contributed by atoms with Gasteiger partial charge in [-0.25, -0.2) is 9.18 Å². The van der Waals surface area contributed by atoms with Crippen LogP contribution in [-0.2, 0) is 23.9 Å². The Hall–Kier alpha value is -3.30. The molecule has 0 unspecified atom stereocenters. The summed E-state index contributed by atoms with van der Waals surface area (Å²) in [5.74, 6) is -3.26. The molecule has 228 valence electrons. The highest BCUT2D eigenvalue weighted by Gasteiger charge is 2.54. The van der Waals surface area contributed by atoms with Gasteiger partial charge in [0, 0.05) is 18.7 Å². The van der Waals surface area contributed by atoms with Crippen molar-refractivity contribution in [2.24, 2.45) is 5.73 Å². The molecule has 2 aromatic rings. The molecule has 42 heavy (non-hydrogen) atoms. The van der Waals surface area contributed by atoms with E-state index in [4.69, 9.17) is 26.8 Å². The Morgan fingerprint density at radius 2 is 1.98 bits per heavy atom. The summed E-state index contributed by atoms with van der Waals surface area (Å²) in [6, 6.07) is 6.93. The zero-order chi connectivity index (χ0) is 30.1. The molecule has 2 fully saturated rings. The van der Waals surface area contributed by atoms with Crippen molar-refractivity contribution in [3.8, 4) is 0 Å². The second-order valence-electron chi connectivity index (χ2n) is 10.1. The van der Waals surface area contributed by atoms with Crippen molar-refractivity contribution in [3.63, 3.8) is 0 Å². The number of carbonyl (C=O) groups is 5. The Morgan fingerprint density at radius 1 is 1.26 bits per heavy atom. The van der Waals surface area contributed by atoms with E-state index in [0.717, 1.165) is 27.2 Å². The number of carbonyl (C=O) groups excluding carboxylic acids is 4. The average Bonchev–Trinajstić information content (AvgIpc) is 3.52. The van der Waals surface area contributed by atoms with Crippen LogP contribution in [0.5, 0.6) is 0 Å². The van der Waals surface area contributed by atoms with E-state index in [1.54, 1.807) is 0 Å². The number of morpholine rings is 1. The number of amides is 3. The monoisotopic (exact) mass is 646 g/mol. The van der Waals surface area contributed by atoms with Gasteiger partial charge in [-0.15, -0.1) is 23.7 Å². The number of rotatable bonds is 10. The molecule has 2 aliphatic heterocycles. The van der Waals surface area contributed by atoms with E-state index >= 15 is 4.39 Å². The summed E-state index contributed by atoms with van der Waals surface area (Å²) in [7, 11) is 0. The summed E-state index contributed by atoms with van der Waals surface area (Å²) in [5.41, 5.74) is 2.55. The third-order valence-electron chi connectivity index (χ3n) is 7.36. The van der Waals surface area contributed by atoms with E-state index in [1.807, 2.05) is 0 Å².